The second kappa shape index (κ2) is 6.37. The maximum Gasteiger partial charge on any atom is 0.118 e. The van der Waals surface area contributed by atoms with Crippen LogP contribution in [0.4, 0.5) is 0 Å². The van der Waals surface area contributed by atoms with Crippen LogP contribution < -0.4 is 10.5 Å². The van der Waals surface area contributed by atoms with E-state index in [0.717, 1.165) is 10.8 Å². The minimum Gasteiger partial charge on any atom is -0.497 e. The van der Waals surface area contributed by atoms with E-state index in [9.17, 15) is 0 Å². The molecule has 0 aliphatic carbocycles. The SMILES string of the molecule is COc1ccc(C(CN)Sc2ccncn2)cc1. The Balaban J connectivity index is 2.12. The molecular weight excluding hydrogens is 246 g/mol. The van der Waals surface area contributed by atoms with E-state index >= 15 is 0 Å². The van der Waals surface area contributed by atoms with Crippen LogP contribution in [0, 0.1) is 0 Å². The van der Waals surface area contributed by atoms with Gasteiger partial charge in [0.2, 0.25) is 0 Å². The van der Waals surface area contributed by atoms with E-state index in [0.29, 0.717) is 6.54 Å². The summed E-state index contributed by atoms with van der Waals surface area (Å²) in [4.78, 5) is 8.10. The van der Waals surface area contributed by atoms with Gasteiger partial charge in [0, 0.05) is 18.0 Å². The number of hydrogen-bond acceptors (Lipinski definition) is 5. The van der Waals surface area contributed by atoms with Crippen molar-refractivity contribution in [2.24, 2.45) is 5.73 Å². The monoisotopic (exact) mass is 261 g/mol. The summed E-state index contributed by atoms with van der Waals surface area (Å²) in [5.41, 5.74) is 7.00. The number of methoxy groups -OCH3 is 1. The summed E-state index contributed by atoms with van der Waals surface area (Å²) in [7, 11) is 1.66. The Morgan fingerprint density at radius 1 is 1.28 bits per heavy atom. The zero-order valence-electron chi connectivity index (χ0n) is 10.1. The van der Waals surface area contributed by atoms with Gasteiger partial charge in [-0.05, 0) is 23.8 Å². The summed E-state index contributed by atoms with van der Waals surface area (Å²) < 4.78 is 5.14. The first-order valence-electron chi connectivity index (χ1n) is 5.60. The summed E-state index contributed by atoms with van der Waals surface area (Å²) >= 11 is 1.64. The lowest BCUT2D eigenvalue weighted by Crippen LogP contribution is -2.09. The van der Waals surface area contributed by atoms with Crippen LogP contribution in [0.3, 0.4) is 0 Å². The summed E-state index contributed by atoms with van der Waals surface area (Å²) in [5, 5.41) is 1.11. The van der Waals surface area contributed by atoms with E-state index in [1.807, 2.05) is 30.3 Å². The smallest absolute Gasteiger partial charge is 0.118 e. The van der Waals surface area contributed by atoms with Crippen molar-refractivity contribution in [3.05, 3.63) is 48.4 Å². The molecule has 0 aliphatic heterocycles. The fraction of sp³-hybridized carbons (Fsp3) is 0.231. The molecule has 1 heterocycles. The van der Waals surface area contributed by atoms with Gasteiger partial charge in [0.25, 0.3) is 0 Å². The van der Waals surface area contributed by atoms with Gasteiger partial charge in [-0.15, -0.1) is 0 Å². The Hall–Kier alpha value is -1.59. The van der Waals surface area contributed by atoms with Gasteiger partial charge in [-0.3, -0.25) is 0 Å². The molecule has 1 aromatic heterocycles. The Bertz CT molecular complexity index is 475. The van der Waals surface area contributed by atoms with Crippen molar-refractivity contribution in [2.45, 2.75) is 10.3 Å². The molecule has 0 radical (unpaired) electrons. The number of nitrogens with zero attached hydrogens (tertiary/aromatic N) is 2. The Kier molecular flexibility index (Phi) is 4.55. The molecule has 2 N–H and O–H groups in total. The normalized spacial score (nSPS) is 12.1. The predicted molar refractivity (Wildman–Crippen MR) is 72.7 cm³/mol. The van der Waals surface area contributed by atoms with Gasteiger partial charge < -0.3 is 10.5 Å². The highest BCUT2D eigenvalue weighted by Crippen LogP contribution is 2.33. The van der Waals surface area contributed by atoms with Crippen LogP contribution in [-0.4, -0.2) is 23.6 Å². The van der Waals surface area contributed by atoms with Crippen LogP contribution in [-0.2, 0) is 0 Å². The van der Waals surface area contributed by atoms with Crippen LogP contribution in [0.25, 0.3) is 0 Å². The largest absolute Gasteiger partial charge is 0.497 e. The molecule has 0 saturated heterocycles. The molecule has 2 aromatic rings. The van der Waals surface area contributed by atoms with Gasteiger partial charge in [0.15, 0.2) is 0 Å². The highest BCUT2D eigenvalue weighted by molar-refractivity contribution is 7.99. The Morgan fingerprint density at radius 3 is 2.61 bits per heavy atom. The van der Waals surface area contributed by atoms with Crippen molar-refractivity contribution in [1.29, 1.82) is 0 Å². The first kappa shape index (κ1) is 12.9. The summed E-state index contributed by atoms with van der Waals surface area (Å²) in [5.74, 6) is 0.849. The van der Waals surface area contributed by atoms with Gasteiger partial charge in [0.1, 0.15) is 12.1 Å². The molecule has 5 heteroatoms. The van der Waals surface area contributed by atoms with E-state index in [-0.39, 0.29) is 5.25 Å². The third kappa shape index (κ3) is 3.21. The molecule has 1 unspecified atom stereocenters. The molecular formula is C13H15N3OS. The number of ether oxygens (including phenoxy) is 1. The maximum atomic E-state index is 5.83. The average Bonchev–Trinajstić information content (AvgIpc) is 2.46. The number of benzene rings is 1. The molecule has 0 aliphatic rings. The summed E-state index contributed by atoms with van der Waals surface area (Å²) in [6.07, 6.45) is 3.28. The van der Waals surface area contributed by atoms with E-state index in [4.69, 9.17) is 10.5 Å². The van der Waals surface area contributed by atoms with E-state index < -0.39 is 0 Å². The first-order valence-corrected chi connectivity index (χ1v) is 6.48. The van der Waals surface area contributed by atoms with Crippen LogP contribution in [0.1, 0.15) is 10.8 Å². The van der Waals surface area contributed by atoms with Crippen LogP contribution >= 0.6 is 11.8 Å². The summed E-state index contributed by atoms with van der Waals surface area (Å²) in [6, 6.07) is 9.84. The lowest BCUT2D eigenvalue weighted by atomic mass is 10.1. The van der Waals surface area contributed by atoms with E-state index in [1.54, 1.807) is 31.4 Å². The highest BCUT2D eigenvalue weighted by atomic mass is 32.2. The average molecular weight is 261 g/mol. The van der Waals surface area contributed by atoms with E-state index in [1.165, 1.54) is 5.56 Å². The molecule has 0 amide bonds. The first-order chi connectivity index (χ1) is 8.83. The van der Waals surface area contributed by atoms with Crippen molar-refractivity contribution in [2.75, 3.05) is 13.7 Å². The fourth-order valence-electron chi connectivity index (χ4n) is 1.56. The van der Waals surface area contributed by atoms with Crippen molar-refractivity contribution in [3.63, 3.8) is 0 Å². The van der Waals surface area contributed by atoms with Crippen molar-refractivity contribution >= 4 is 11.8 Å². The highest BCUT2D eigenvalue weighted by Gasteiger charge is 2.12. The molecule has 18 heavy (non-hydrogen) atoms. The van der Waals surface area contributed by atoms with Gasteiger partial charge in [-0.1, -0.05) is 23.9 Å². The second-order valence-corrected chi connectivity index (χ2v) is 4.89. The van der Waals surface area contributed by atoms with Gasteiger partial charge >= 0.3 is 0 Å². The van der Waals surface area contributed by atoms with Gasteiger partial charge in [-0.2, -0.15) is 0 Å². The number of thioether (sulfide) groups is 1. The standard InChI is InChI=1S/C13H15N3OS/c1-17-11-4-2-10(3-5-11)12(8-14)18-13-6-7-15-9-16-13/h2-7,9,12H,8,14H2,1H3. The lowest BCUT2D eigenvalue weighted by molar-refractivity contribution is 0.414. The van der Waals surface area contributed by atoms with Crippen molar-refractivity contribution in [1.82, 2.24) is 9.97 Å². The molecule has 1 atom stereocenters. The molecule has 0 spiro atoms. The number of aromatic nitrogens is 2. The molecule has 0 bridgehead atoms. The lowest BCUT2D eigenvalue weighted by Gasteiger charge is -2.14. The van der Waals surface area contributed by atoms with Crippen LogP contribution in [0.2, 0.25) is 0 Å². The molecule has 94 valence electrons. The van der Waals surface area contributed by atoms with Gasteiger partial charge in [0.05, 0.1) is 12.1 Å². The number of nitrogens with two attached hydrogens (primary N) is 1. The maximum absolute atomic E-state index is 5.83. The quantitative estimate of drug-likeness (QED) is 0.661. The molecule has 4 nitrogen and oxygen atoms in total. The third-order valence-corrected chi connectivity index (χ3v) is 3.75. The van der Waals surface area contributed by atoms with Gasteiger partial charge in [-0.25, -0.2) is 9.97 Å². The molecule has 2 rings (SSSR count). The second-order valence-electron chi connectivity index (χ2n) is 3.66. The molecule has 0 saturated carbocycles. The Labute approximate surface area is 111 Å². The number of hydrogen-bond donors (Lipinski definition) is 1. The minimum absolute atomic E-state index is 0.186. The Morgan fingerprint density at radius 2 is 2.06 bits per heavy atom. The molecule has 0 fully saturated rings. The zero-order chi connectivity index (χ0) is 12.8. The summed E-state index contributed by atoms with van der Waals surface area (Å²) in [6.45, 7) is 0.557. The van der Waals surface area contributed by atoms with Crippen molar-refractivity contribution in [3.8, 4) is 5.75 Å². The zero-order valence-corrected chi connectivity index (χ0v) is 10.9. The molecule has 1 aromatic carbocycles. The number of rotatable bonds is 5. The third-order valence-electron chi connectivity index (χ3n) is 2.52. The topological polar surface area (TPSA) is 61.0 Å². The van der Waals surface area contributed by atoms with Crippen molar-refractivity contribution < 1.29 is 4.74 Å². The fourth-order valence-corrected chi connectivity index (χ4v) is 2.49. The van der Waals surface area contributed by atoms with Crippen LogP contribution in [0.5, 0.6) is 5.75 Å². The minimum atomic E-state index is 0.186. The predicted octanol–water partition coefficient (Wildman–Crippen LogP) is 2.28. The van der Waals surface area contributed by atoms with E-state index in [2.05, 4.69) is 9.97 Å². The van der Waals surface area contributed by atoms with Crippen LogP contribution in [0.15, 0.2) is 47.9 Å².